The van der Waals surface area contributed by atoms with Crippen LogP contribution in [0.1, 0.15) is 6.92 Å². The summed E-state index contributed by atoms with van der Waals surface area (Å²) in [6.45, 7) is 7.28. The van der Waals surface area contributed by atoms with E-state index in [4.69, 9.17) is 5.11 Å². The minimum Gasteiger partial charge on any atom is -0.859 e. The second kappa shape index (κ2) is 19.0. The molecule has 0 bridgehead atoms. The Bertz CT molecular complexity index is 360. The molecule has 0 aromatic heterocycles. The maximum atomic E-state index is 11.1. The molecular weight excluding hydrogens is 311 g/mol. The van der Waals surface area contributed by atoms with E-state index in [9.17, 15) is 9.90 Å². The summed E-state index contributed by atoms with van der Waals surface area (Å²) in [5.41, 5.74) is 0. The van der Waals surface area contributed by atoms with E-state index in [0.29, 0.717) is 13.1 Å². The molecule has 0 aliphatic carbocycles. The van der Waals surface area contributed by atoms with Crippen molar-refractivity contribution in [2.45, 2.75) is 6.92 Å². The molecule has 0 radical (unpaired) electrons. The number of aliphatic imine (C=N–C) groups is 1. The van der Waals surface area contributed by atoms with Gasteiger partial charge in [-0.05, 0) is 18.9 Å². The Morgan fingerprint density at radius 2 is 1.68 bits per heavy atom. The number of nitrogens with one attached hydrogen (secondary N) is 3. The molecule has 8 heteroatoms. The predicted molar refractivity (Wildman–Crippen MR) is 82.5 cm³/mol. The van der Waals surface area contributed by atoms with Crippen molar-refractivity contribution < 1.29 is 66.4 Å². The Morgan fingerprint density at radius 3 is 2.27 bits per heavy atom. The smallest absolute Gasteiger partial charge is 0.859 e. The van der Waals surface area contributed by atoms with Crippen LogP contribution in [0.15, 0.2) is 29.3 Å². The first kappa shape index (κ1) is 24.2. The van der Waals surface area contributed by atoms with Crippen molar-refractivity contribution in [3.8, 4) is 0 Å². The number of hydrogen-bond acceptors (Lipinski definition) is 6. The maximum Gasteiger partial charge on any atom is 1.00 e. The van der Waals surface area contributed by atoms with Crippen molar-refractivity contribution in [3.05, 3.63) is 24.3 Å². The SMILES string of the molecule is C/C=C/CNCCNCCNCCN=C([O-])/C=C/C(=O)O.[K+]. The Kier molecular flexibility index (Phi) is 20.9. The molecule has 22 heavy (non-hydrogen) atoms. The first-order valence-corrected chi connectivity index (χ1v) is 7.02. The fraction of sp³-hybridized carbons (Fsp3) is 0.571. The van der Waals surface area contributed by atoms with Crippen LogP contribution < -0.4 is 72.4 Å². The molecule has 0 heterocycles. The van der Waals surface area contributed by atoms with E-state index in [0.717, 1.165) is 44.9 Å². The maximum absolute atomic E-state index is 11.1. The molecule has 0 atom stereocenters. The summed E-state index contributed by atoms with van der Waals surface area (Å²) < 4.78 is 0. The first-order chi connectivity index (χ1) is 10.2. The number of allylic oxidation sites excluding steroid dienone is 1. The Labute approximate surface area is 174 Å². The second-order valence-electron chi connectivity index (χ2n) is 4.16. The Morgan fingerprint density at radius 1 is 1.09 bits per heavy atom. The number of hydrogen-bond donors (Lipinski definition) is 4. The largest absolute Gasteiger partial charge is 1.00 e. The number of nitrogens with zero attached hydrogens (tertiary/aromatic N) is 1. The predicted octanol–water partition coefficient (Wildman–Crippen LogP) is -4.27. The first-order valence-electron chi connectivity index (χ1n) is 7.02. The molecule has 0 aliphatic heterocycles. The van der Waals surface area contributed by atoms with Gasteiger partial charge in [-0.1, -0.05) is 12.2 Å². The average Bonchev–Trinajstić information content (AvgIpc) is 2.46. The van der Waals surface area contributed by atoms with Crippen molar-refractivity contribution in [1.29, 1.82) is 0 Å². The summed E-state index contributed by atoms with van der Waals surface area (Å²) in [5.74, 6) is -1.67. The van der Waals surface area contributed by atoms with E-state index in [-0.39, 0.29) is 51.4 Å². The summed E-state index contributed by atoms with van der Waals surface area (Å²) in [7, 11) is 0. The average molecular weight is 336 g/mol. The molecule has 0 fully saturated rings. The molecule has 120 valence electrons. The van der Waals surface area contributed by atoms with E-state index in [1.807, 2.05) is 13.0 Å². The summed E-state index contributed by atoms with van der Waals surface area (Å²) in [6, 6.07) is 0. The third kappa shape index (κ3) is 19.9. The molecule has 0 saturated carbocycles. The van der Waals surface area contributed by atoms with E-state index < -0.39 is 11.9 Å². The van der Waals surface area contributed by atoms with E-state index in [2.05, 4.69) is 27.0 Å². The van der Waals surface area contributed by atoms with Crippen LogP contribution in [0.25, 0.3) is 0 Å². The number of rotatable bonds is 13. The summed E-state index contributed by atoms with van der Waals surface area (Å²) in [6.07, 6.45) is 5.81. The van der Waals surface area contributed by atoms with Gasteiger partial charge >= 0.3 is 57.4 Å². The van der Waals surface area contributed by atoms with E-state index in [1.54, 1.807) is 0 Å². The van der Waals surface area contributed by atoms with Gasteiger partial charge in [-0.3, -0.25) is 4.99 Å². The standard InChI is InChI=1S/C14H26N4O3.K/c1-2-3-6-15-7-8-16-9-10-17-11-12-18-13(19)4-5-14(20)21;/h2-5,15-17H,6-12H2,1H3,(H,18,19)(H,20,21);/q;+1/p-1/b3-2+,5-4+;. The number of carbonyl (C=O) groups is 1. The van der Waals surface area contributed by atoms with Gasteiger partial charge in [0.1, 0.15) is 0 Å². The zero-order valence-electron chi connectivity index (χ0n) is 13.5. The van der Waals surface area contributed by atoms with Crippen molar-refractivity contribution >= 4 is 11.9 Å². The Hall–Kier alpha value is -0.0636. The van der Waals surface area contributed by atoms with Crippen LogP contribution in [0.3, 0.4) is 0 Å². The van der Waals surface area contributed by atoms with Crippen LogP contribution in [0.5, 0.6) is 0 Å². The monoisotopic (exact) mass is 336 g/mol. The molecule has 0 saturated heterocycles. The zero-order valence-corrected chi connectivity index (χ0v) is 16.6. The molecule has 0 amide bonds. The third-order valence-corrected chi connectivity index (χ3v) is 2.38. The molecular formula is C14H25KN4O3. The molecule has 0 aliphatic rings. The van der Waals surface area contributed by atoms with Crippen LogP contribution in [0, 0.1) is 0 Å². The number of aliphatic carboxylic acids is 1. The van der Waals surface area contributed by atoms with Gasteiger partial charge in [0.05, 0.1) is 6.54 Å². The summed E-state index contributed by atoms with van der Waals surface area (Å²) >= 11 is 0. The molecule has 0 rings (SSSR count). The van der Waals surface area contributed by atoms with E-state index in [1.165, 1.54) is 0 Å². The number of carboxylic acid groups (broad SMARTS) is 1. The third-order valence-electron chi connectivity index (χ3n) is 2.38. The van der Waals surface area contributed by atoms with Crippen LogP contribution >= 0.6 is 0 Å². The van der Waals surface area contributed by atoms with Crippen molar-refractivity contribution in [2.24, 2.45) is 4.99 Å². The van der Waals surface area contributed by atoms with Gasteiger partial charge < -0.3 is 26.2 Å². The van der Waals surface area contributed by atoms with Gasteiger partial charge in [-0.25, -0.2) is 4.79 Å². The second-order valence-corrected chi connectivity index (χ2v) is 4.16. The van der Waals surface area contributed by atoms with Gasteiger partial charge in [0, 0.05) is 45.3 Å². The van der Waals surface area contributed by atoms with Gasteiger partial charge in [0.15, 0.2) is 0 Å². The summed E-state index contributed by atoms with van der Waals surface area (Å²) in [5, 5.41) is 29.1. The fourth-order valence-corrected chi connectivity index (χ4v) is 1.35. The molecule has 0 spiro atoms. The van der Waals surface area contributed by atoms with E-state index >= 15 is 0 Å². The molecule has 4 N–H and O–H groups in total. The molecule has 7 nitrogen and oxygen atoms in total. The van der Waals surface area contributed by atoms with Crippen LogP contribution in [-0.2, 0) is 4.79 Å². The van der Waals surface area contributed by atoms with Gasteiger partial charge in [0.2, 0.25) is 0 Å². The molecule has 0 unspecified atom stereocenters. The van der Waals surface area contributed by atoms with Gasteiger partial charge in [-0.15, -0.1) is 0 Å². The topological polar surface area (TPSA) is 109 Å². The van der Waals surface area contributed by atoms with Gasteiger partial charge in [0.25, 0.3) is 0 Å². The molecule has 0 aromatic rings. The summed E-state index contributed by atoms with van der Waals surface area (Å²) in [4.78, 5) is 13.9. The zero-order chi connectivity index (χ0) is 15.8. The van der Waals surface area contributed by atoms with Crippen LogP contribution in [-0.4, -0.2) is 62.8 Å². The van der Waals surface area contributed by atoms with Crippen molar-refractivity contribution in [3.63, 3.8) is 0 Å². The fourth-order valence-electron chi connectivity index (χ4n) is 1.35. The minimum absolute atomic E-state index is 0. The normalized spacial score (nSPS) is 12.0. The van der Waals surface area contributed by atoms with Crippen LogP contribution in [0.2, 0.25) is 0 Å². The minimum atomic E-state index is -1.15. The molecule has 0 aromatic carbocycles. The van der Waals surface area contributed by atoms with Crippen LogP contribution in [0.4, 0.5) is 0 Å². The van der Waals surface area contributed by atoms with Gasteiger partial charge in [-0.2, -0.15) is 0 Å². The Balaban J connectivity index is 0. The number of carboxylic acids is 1. The van der Waals surface area contributed by atoms with Crippen molar-refractivity contribution in [1.82, 2.24) is 16.0 Å². The van der Waals surface area contributed by atoms with Crippen molar-refractivity contribution in [2.75, 3.05) is 45.8 Å². The quantitative estimate of drug-likeness (QED) is 0.0677.